The van der Waals surface area contributed by atoms with E-state index in [2.05, 4.69) is 25.4 Å². The highest BCUT2D eigenvalue weighted by Gasteiger charge is 2.11. The second-order valence-electron chi connectivity index (χ2n) is 3.82. The lowest BCUT2D eigenvalue weighted by Crippen LogP contribution is -1.96. The molecule has 0 amide bonds. The van der Waals surface area contributed by atoms with Crippen LogP contribution in [0.3, 0.4) is 0 Å². The highest BCUT2D eigenvalue weighted by atomic mass is 35.5. The van der Waals surface area contributed by atoms with Crippen molar-refractivity contribution in [3.8, 4) is 11.3 Å². The van der Waals surface area contributed by atoms with E-state index in [0.717, 1.165) is 5.56 Å². The Kier molecular flexibility index (Phi) is 3.44. The lowest BCUT2D eigenvalue weighted by atomic mass is 10.1. The Morgan fingerprint density at radius 2 is 1.95 bits per heavy atom. The van der Waals surface area contributed by atoms with E-state index in [1.807, 2.05) is 0 Å². The van der Waals surface area contributed by atoms with Gasteiger partial charge in [-0.3, -0.25) is 15.0 Å². The van der Waals surface area contributed by atoms with E-state index in [1.165, 1.54) is 11.3 Å². The van der Waals surface area contributed by atoms with Gasteiger partial charge in [0.15, 0.2) is 5.69 Å². The Hall–Kier alpha value is -2.25. The summed E-state index contributed by atoms with van der Waals surface area (Å²) in [6.07, 6.45) is 1.63. The molecule has 2 N–H and O–H groups in total. The van der Waals surface area contributed by atoms with E-state index in [1.54, 1.807) is 35.8 Å². The fourth-order valence-corrected chi connectivity index (χ4v) is 2.21. The minimum Gasteiger partial charge on any atom is -0.295 e. The van der Waals surface area contributed by atoms with E-state index in [0.29, 0.717) is 15.8 Å². The van der Waals surface area contributed by atoms with Gasteiger partial charge in [0.1, 0.15) is 0 Å². The Labute approximate surface area is 122 Å². The van der Waals surface area contributed by atoms with Crippen molar-refractivity contribution in [1.29, 1.82) is 0 Å². The number of nitrogens with zero attached hydrogens (tertiary/aromatic N) is 3. The maximum Gasteiger partial charge on any atom is 0.292 e. The molecule has 0 saturated carbocycles. The molecular formula is C12H8ClN5OS. The summed E-state index contributed by atoms with van der Waals surface area (Å²) >= 11 is 7.19. The molecule has 0 atom stereocenters. The van der Waals surface area contributed by atoms with Gasteiger partial charge >= 0.3 is 0 Å². The van der Waals surface area contributed by atoms with Crippen LogP contribution in [0.2, 0.25) is 5.02 Å². The number of aromatic amines is 2. The Morgan fingerprint density at radius 3 is 2.65 bits per heavy atom. The smallest absolute Gasteiger partial charge is 0.292 e. The average Bonchev–Trinajstić information content (AvgIpc) is 3.07. The minimum absolute atomic E-state index is 0.211. The molecule has 1 aromatic carbocycles. The average molecular weight is 306 g/mol. The summed E-state index contributed by atoms with van der Waals surface area (Å²) in [5, 5.41) is 16.1. The van der Waals surface area contributed by atoms with E-state index < -0.39 is 0 Å². The van der Waals surface area contributed by atoms with Crippen molar-refractivity contribution >= 4 is 33.8 Å². The van der Waals surface area contributed by atoms with E-state index >= 15 is 0 Å². The molecule has 20 heavy (non-hydrogen) atoms. The molecule has 8 heteroatoms. The number of nitrogens with one attached hydrogen (secondary N) is 2. The summed E-state index contributed by atoms with van der Waals surface area (Å²) in [4.78, 5) is 15.7. The molecule has 0 unspecified atom stereocenters. The van der Waals surface area contributed by atoms with Crippen LogP contribution in [0, 0.1) is 0 Å². The number of aromatic nitrogens is 3. The maximum atomic E-state index is 11.8. The SMILES string of the molecule is O=c1[nH][nH]c(-c2ccc(Cl)cc2)c1N=Nc1nccs1. The second kappa shape index (κ2) is 5.40. The van der Waals surface area contributed by atoms with Crippen molar-refractivity contribution < 1.29 is 0 Å². The molecule has 0 fully saturated rings. The lowest BCUT2D eigenvalue weighted by molar-refractivity contribution is 1.06. The van der Waals surface area contributed by atoms with Crippen LogP contribution in [0.1, 0.15) is 0 Å². The van der Waals surface area contributed by atoms with Gasteiger partial charge < -0.3 is 0 Å². The van der Waals surface area contributed by atoms with Crippen LogP contribution >= 0.6 is 22.9 Å². The van der Waals surface area contributed by atoms with Gasteiger partial charge in [-0.15, -0.1) is 21.6 Å². The highest BCUT2D eigenvalue weighted by molar-refractivity contribution is 7.13. The number of azo groups is 1. The normalized spacial score (nSPS) is 11.2. The molecule has 2 aromatic heterocycles. The number of rotatable bonds is 3. The molecule has 0 radical (unpaired) electrons. The Bertz CT molecular complexity index is 788. The van der Waals surface area contributed by atoms with Gasteiger partial charge in [-0.05, 0) is 12.1 Å². The predicted molar refractivity (Wildman–Crippen MR) is 78.1 cm³/mol. The summed E-state index contributed by atoms with van der Waals surface area (Å²) in [5.41, 5.74) is 1.23. The van der Waals surface area contributed by atoms with Gasteiger partial charge in [0.2, 0.25) is 5.13 Å². The molecule has 0 aliphatic heterocycles. The summed E-state index contributed by atoms with van der Waals surface area (Å²) in [6.45, 7) is 0. The monoisotopic (exact) mass is 305 g/mol. The standard InChI is InChI=1S/C12H8ClN5OS/c13-8-3-1-7(2-4-8)9-10(11(19)17-15-9)16-18-12-14-5-6-20-12/h1-6H,(H2,15,17,19). The fourth-order valence-electron chi connectivity index (χ4n) is 1.63. The Balaban J connectivity index is 2.01. The largest absolute Gasteiger partial charge is 0.295 e. The highest BCUT2D eigenvalue weighted by Crippen LogP contribution is 2.27. The van der Waals surface area contributed by atoms with Gasteiger partial charge in [0.05, 0.1) is 5.69 Å². The number of thiazole rings is 1. The van der Waals surface area contributed by atoms with Crippen molar-refractivity contribution in [3.63, 3.8) is 0 Å². The van der Waals surface area contributed by atoms with Crippen molar-refractivity contribution in [2.24, 2.45) is 10.2 Å². The molecular weight excluding hydrogens is 298 g/mol. The summed E-state index contributed by atoms with van der Waals surface area (Å²) in [5.74, 6) is 0. The van der Waals surface area contributed by atoms with E-state index in [9.17, 15) is 4.79 Å². The van der Waals surface area contributed by atoms with Crippen LogP contribution in [0.15, 0.2) is 50.9 Å². The quantitative estimate of drug-likeness (QED) is 0.719. The first-order valence-corrected chi connectivity index (χ1v) is 6.87. The minimum atomic E-state index is -0.338. The lowest BCUT2D eigenvalue weighted by Gasteiger charge is -1.98. The molecule has 6 nitrogen and oxygen atoms in total. The topological polar surface area (TPSA) is 86.3 Å². The molecule has 3 aromatic rings. The van der Waals surface area contributed by atoms with Gasteiger partial charge in [0.25, 0.3) is 5.56 Å². The third-order valence-corrected chi connectivity index (χ3v) is 3.45. The van der Waals surface area contributed by atoms with Crippen molar-refractivity contribution in [1.82, 2.24) is 15.2 Å². The van der Waals surface area contributed by atoms with Crippen molar-refractivity contribution in [3.05, 3.63) is 51.2 Å². The summed E-state index contributed by atoms with van der Waals surface area (Å²) < 4.78 is 0. The third-order valence-electron chi connectivity index (χ3n) is 2.54. The first-order valence-electron chi connectivity index (χ1n) is 5.62. The molecule has 2 heterocycles. The molecule has 100 valence electrons. The zero-order chi connectivity index (χ0) is 13.9. The predicted octanol–water partition coefficient (Wildman–Crippen LogP) is 3.90. The number of hydrogen-bond acceptors (Lipinski definition) is 5. The van der Waals surface area contributed by atoms with Gasteiger partial charge in [-0.1, -0.05) is 23.7 Å². The van der Waals surface area contributed by atoms with Crippen LogP contribution in [0.25, 0.3) is 11.3 Å². The van der Waals surface area contributed by atoms with Gasteiger partial charge in [-0.2, -0.15) is 0 Å². The first kappa shape index (κ1) is 12.8. The fraction of sp³-hybridized carbons (Fsp3) is 0. The van der Waals surface area contributed by atoms with E-state index in [-0.39, 0.29) is 11.2 Å². The van der Waals surface area contributed by atoms with E-state index in [4.69, 9.17) is 11.6 Å². The van der Waals surface area contributed by atoms with Crippen LogP contribution < -0.4 is 5.56 Å². The number of H-pyrrole nitrogens is 2. The summed E-state index contributed by atoms with van der Waals surface area (Å²) in [7, 11) is 0. The van der Waals surface area contributed by atoms with Gasteiger partial charge in [0, 0.05) is 22.2 Å². The summed E-state index contributed by atoms with van der Waals surface area (Å²) in [6, 6.07) is 7.07. The van der Waals surface area contributed by atoms with Crippen LogP contribution in [0.5, 0.6) is 0 Å². The molecule has 3 rings (SSSR count). The third kappa shape index (κ3) is 2.54. The van der Waals surface area contributed by atoms with Crippen LogP contribution in [-0.4, -0.2) is 15.2 Å². The number of halogens is 1. The first-order chi connectivity index (χ1) is 9.74. The molecule has 0 aliphatic rings. The number of benzene rings is 1. The van der Waals surface area contributed by atoms with Crippen molar-refractivity contribution in [2.75, 3.05) is 0 Å². The Morgan fingerprint density at radius 1 is 1.15 bits per heavy atom. The maximum absolute atomic E-state index is 11.8. The molecule has 0 aliphatic carbocycles. The molecule has 0 bridgehead atoms. The van der Waals surface area contributed by atoms with Crippen molar-refractivity contribution in [2.45, 2.75) is 0 Å². The zero-order valence-corrected chi connectivity index (χ0v) is 11.6. The zero-order valence-electron chi connectivity index (χ0n) is 10.0. The number of hydrogen-bond donors (Lipinski definition) is 2. The van der Waals surface area contributed by atoms with Gasteiger partial charge in [-0.25, -0.2) is 4.98 Å². The molecule has 0 spiro atoms. The van der Waals surface area contributed by atoms with Crippen LogP contribution in [-0.2, 0) is 0 Å². The van der Waals surface area contributed by atoms with Crippen LogP contribution in [0.4, 0.5) is 10.8 Å². The second-order valence-corrected chi connectivity index (χ2v) is 5.13. The molecule has 0 saturated heterocycles.